The molecule has 1 aliphatic heterocycles. The van der Waals surface area contributed by atoms with Crippen LogP contribution in [0.2, 0.25) is 0 Å². The molecular weight excluding hydrogens is 398 g/mol. The summed E-state index contributed by atoms with van der Waals surface area (Å²) in [5, 5.41) is 16.1. The van der Waals surface area contributed by atoms with E-state index in [4.69, 9.17) is 4.74 Å². The van der Waals surface area contributed by atoms with E-state index in [-0.39, 0.29) is 0 Å². The minimum absolute atomic E-state index is 0.528. The number of nitrogens with zero attached hydrogens (tertiary/aromatic N) is 1. The lowest BCUT2D eigenvalue weighted by molar-refractivity contribution is -0.139. The lowest BCUT2D eigenvalue weighted by Crippen LogP contribution is -2.29. The van der Waals surface area contributed by atoms with Gasteiger partial charge in [0.25, 0.3) is 0 Å². The second-order valence-corrected chi connectivity index (χ2v) is 6.50. The van der Waals surface area contributed by atoms with E-state index >= 15 is 0 Å². The minimum Gasteiger partial charge on any atom is -0.493 e. The molecule has 1 aliphatic rings. The van der Waals surface area contributed by atoms with Crippen LogP contribution in [-0.2, 0) is 9.53 Å². The van der Waals surface area contributed by atoms with E-state index in [1.165, 1.54) is 0 Å². The van der Waals surface area contributed by atoms with E-state index in [2.05, 4.69) is 31.5 Å². The molecule has 0 aliphatic carbocycles. The molecule has 2 heterocycles. The number of fused-ring (bicyclic) bond motifs is 1. The number of carbonyl (C=O) groups is 1. The first kappa shape index (κ1) is 18.0. The Morgan fingerprint density at radius 3 is 2.62 bits per heavy atom. The number of rotatable bonds is 4. The van der Waals surface area contributed by atoms with Crippen LogP contribution in [0.3, 0.4) is 0 Å². The van der Waals surface area contributed by atoms with Gasteiger partial charge in [-0.2, -0.15) is 0 Å². The third-order valence-corrected chi connectivity index (χ3v) is 4.85. The maximum Gasteiger partial charge on any atom is 0.330 e. The van der Waals surface area contributed by atoms with Crippen LogP contribution >= 0.6 is 15.9 Å². The van der Waals surface area contributed by atoms with Crippen LogP contribution in [0.1, 0.15) is 24.1 Å². The summed E-state index contributed by atoms with van der Waals surface area (Å²) in [6.45, 7) is 1.86. The van der Waals surface area contributed by atoms with Gasteiger partial charge in [-0.25, -0.2) is 4.79 Å². The normalized spacial score (nSPS) is 18.3. The molecule has 0 bridgehead atoms. The Bertz CT molecular complexity index is 894. The van der Waals surface area contributed by atoms with E-state index < -0.39 is 12.0 Å². The lowest BCUT2D eigenvalue weighted by Gasteiger charge is -2.20. The maximum atomic E-state index is 11.9. The Labute approximate surface area is 159 Å². The molecule has 0 amide bonds. The van der Waals surface area contributed by atoms with E-state index in [1.807, 2.05) is 37.3 Å². The smallest absolute Gasteiger partial charge is 0.330 e. The molecule has 0 saturated carbocycles. The third-order valence-electron chi connectivity index (χ3n) is 4.06. The number of carboxylic acid groups (broad SMARTS) is 1. The van der Waals surface area contributed by atoms with Crippen molar-refractivity contribution < 1.29 is 14.6 Å². The Balaban J connectivity index is 2.15. The highest BCUT2D eigenvalue weighted by molar-refractivity contribution is 9.15. The van der Waals surface area contributed by atoms with Gasteiger partial charge < -0.3 is 20.5 Å². The predicted octanol–water partition coefficient (Wildman–Crippen LogP) is 3.86. The second kappa shape index (κ2) is 7.61. The molecule has 7 heteroatoms. The van der Waals surface area contributed by atoms with Gasteiger partial charge in [0.05, 0.1) is 17.3 Å². The highest BCUT2D eigenvalue weighted by atomic mass is 79.9. The number of nitrogens with one attached hydrogen (secondary N) is 2. The van der Waals surface area contributed by atoms with E-state index in [1.54, 1.807) is 25.6 Å². The van der Waals surface area contributed by atoms with Crippen LogP contribution in [0.4, 0.5) is 5.69 Å². The molecule has 1 unspecified atom stereocenters. The van der Waals surface area contributed by atoms with Crippen molar-refractivity contribution in [2.24, 2.45) is 0 Å². The fraction of sp³-hybridized carbons (Fsp3) is 0.158. The number of carboxylic acids is 1. The molecule has 6 nitrogen and oxygen atoms in total. The molecule has 3 rings (SSSR count). The molecule has 0 radical (unpaired) electrons. The number of anilines is 1. The number of benzene rings is 1. The van der Waals surface area contributed by atoms with Gasteiger partial charge in [-0.15, -0.1) is 0 Å². The van der Waals surface area contributed by atoms with Gasteiger partial charge in [0.1, 0.15) is 0 Å². The van der Waals surface area contributed by atoms with Gasteiger partial charge in [-0.3, -0.25) is 4.98 Å². The molecule has 0 spiro atoms. The minimum atomic E-state index is -0.968. The summed E-state index contributed by atoms with van der Waals surface area (Å²) < 4.78 is 6.30. The van der Waals surface area contributed by atoms with Crippen molar-refractivity contribution in [2.45, 2.75) is 13.0 Å². The molecular formula is C19H18BrN3O3. The number of halogens is 1. The van der Waals surface area contributed by atoms with Gasteiger partial charge in [0.2, 0.25) is 0 Å². The zero-order valence-corrected chi connectivity index (χ0v) is 15.9. The number of methoxy groups -OCH3 is 1. The number of pyridine rings is 1. The fourth-order valence-electron chi connectivity index (χ4n) is 2.85. The van der Waals surface area contributed by atoms with Gasteiger partial charge in [0.15, 0.2) is 11.8 Å². The van der Waals surface area contributed by atoms with E-state index in [0.717, 1.165) is 16.9 Å². The van der Waals surface area contributed by atoms with Crippen molar-refractivity contribution >= 4 is 32.1 Å². The average molecular weight is 416 g/mol. The molecule has 0 fully saturated rings. The molecule has 134 valence electrons. The van der Waals surface area contributed by atoms with Crippen molar-refractivity contribution in [1.82, 2.24) is 10.3 Å². The van der Waals surface area contributed by atoms with Crippen molar-refractivity contribution in [1.29, 1.82) is 0 Å². The molecule has 1 atom stereocenters. The summed E-state index contributed by atoms with van der Waals surface area (Å²) in [6, 6.07) is 10.1. The highest BCUT2D eigenvalue weighted by Gasteiger charge is 2.31. The molecule has 26 heavy (non-hydrogen) atoms. The quantitative estimate of drug-likeness (QED) is 0.702. The summed E-state index contributed by atoms with van der Waals surface area (Å²) in [7, 11) is 1.56. The number of aromatic nitrogens is 1. The molecule has 1 aromatic carbocycles. The molecule has 0 saturated heterocycles. The first-order valence-corrected chi connectivity index (χ1v) is 8.73. The molecule has 2 aromatic rings. The van der Waals surface area contributed by atoms with E-state index in [9.17, 15) is 9.90 Å². The lowest BCUT2D eigenvalue weighted by atomic mass is 10.0. The van der Waals surface area contributed by atoms with Crippen LogP contribution in [0.5, 0.6) is 0 Å². The van der Waals surface area contributed by atoms with Gasteiger partial charge >= 0.3 is 5.97 Å². The van der Waals surface area contributed by atoms with Crippen molar-refractivity contribution in [3.63, 3.8) is 0 Å². The Morgan fingerprint density at radius 2 is 1.96 bits per heavy atom. The Kier molecular flexibility index (Phi) is 5.27. The number of hydrogen-bond acceptors (Lipinski definition) is 5. The average Bonchev–Trinajstić information content (AvgIpc) is 2.77. The molecule has 1 aromatic heterocycles. The monoisotopic (exact) mass is 415 g/mol. The zero-order chi connectivity index (χ0) is 18.7. The van der Waals surface area contributed by atoms with Crippen LogP contribution < -0.4 is 10.6 Å². The summed E-state index contributed by atoms with van der Waals surface area (Å²) in [5.41, 5.74) is 3.57. The maximum absolute atomic E-state index is 11.9. The van der Waals surface area contributed by atoms with Crippen LogP contribution in [0.25, 0.3) is 4.48 Å². The first-order chi connectivity index (χ1) is 12.5. The Hall–Kier alpha value is -2.80. The van der Waals surface area contributed by atoms with Gasteiger partial charge in [-0.1, -0.05) is 24.3 Å². The number of ether oxygens (including phenoxy) is 1. The first-order valence-electron chi connectivity index (χ1n) is 7.93. The predicted molar refractivity (Wildman–Crippen MR) is 103 cm³/mol. The number of allylic oxidation sites excluding steroid dienone is 1. The second-order valence-electron chi connectivity index (χ2n) is 5.71. The summed E-state index contributed by atoms with van der Waals surface area (Å²) in [5.74, 6) is -0.440. The summed E-state index contributed by atoms with van der Waals surface area (Å²) in [4.78, 5) is 15.9. The van der Waals surface area contributed by atoms with Crippen molar-refractivity contribution in [3.05, 3.63) is 77.1 Å². The highest BCUT2D eigenvalue weighted by Crippen LogP contribution is 2.38. The van der Waals surface area contributed by atoms with Crippen molar-refractivity contribution in [3.8, 4) is 0 Å². The standard InChI is InChI=1S/C19H18BrN3O3/c1-11(22-12-7-9-21-10-8-12)16-18(26-2)15(20)13-5-3-4-6-14(13)17(23-16)19(24)25/h3-10,17,23H,1-2H3,(H,21,22)(H,24,25). The fourth-order valence-corrected chi connectivity index (χ4v) is 3.57. The van der Waals surface area contributed by atoms with Crippen LogP contribution in [0, 0.1) is 0 Å². The van der Waals surface area contributed by atoms with E-state index in [0.29, 0.717) is 21.5 Å². The summed E-state index contributed by atoms with van der Waals surface area (Å²) >= 11 is 3.58. The van der Waals surface area contributed by atoms with Gasteiger partial charge in [0, 0.05) is 23.8 Å². The van der Waals surface area contributed by atoms with Crippen molar-refractivity contribution in [2.75, 3.05) is 12.4 Å². The van der Waals surface area contributed by atoms with Crippen LogP contribution in [0.15, 0.2) is 65.9 Å². The Morgan fingerprint density at radius 1 is 1.27 bits per heavy atom. The van der Waals surface area contributed by atoms with Gasteiger partial charge in [-0.05, 0) is 46.1 Å². The largest absolute Gasteiger partial charge is 0.493 e. The topological polar surface area (TPSA) is 83.5 Å². The molecule has 3 N–H and O–H groups in total. The summed E-state index contributed by atoms with van der Waals surface area (Å²) in [6.07, 6.45) is 3.36. The third kappa shape index (κ3) is 3.43. The van der Waals surface area contributed by atoms with Crippen LogP contribution in [-0.4, -0.2) is 23.2 Å². The SMILES string of the molecule is COC1=C(Br)c2ccccc2C(C(=O)O)NC1=C(C)Nc1ccncc1. The number of hydrogen-bond donors (Lipinski definition) is 3. The zero-order valence-electron chi connectivity index (χ0n) is 14.3. The number of aliphatic carboxylic acids is 1.